The molecule has 1 atom stereocenters. The first-order chi connectivity index (χ1) is 7.66. The first kappa shape index (κ1) is 12.0. The SMILES string of the molecule is Fc1cc(CC2CCCNC2)c(F)cc1Br. The molecule has 1 aromatic rings. The van der Waals surface area contributed by atoms with E-state index in [1.165, 1.54) is 12.1 Å². The van der Waals surface area contributed by atoms with Gasteiger partial charge >= 0.3 is 0 Å². The summed E-state index contributed by atoms with van der Waals surface area (Å²) < 4.78 is 27.0. The molecule has 1 N–H and O–H groups in total. The summed E-state index contributed by atoms with van der Waals surface area (Å²) in [5.41, 5.74) is 0.481. The molecule has 0 spiro atoms. The van der Waals surface area contributed by atoms with Gasteiger partial charge in [0.1, 0.15) is 11.6 Å². The molecule has 4 heteroatoms. The van der Waals surface area contributed by atoms with Gasteiger partial charge in [-0.15, -0.1) is 0 Å². The van der Waals surface area contributed by atoms with Crippen LogP contribution in [0.3, 0.4) is 0 Å². The van der Waals surface area contributed by atoms with Gasteiger partial charge < -0.3 is 5.32 Å². The molecular formula is C12H14BrF2N. The van der Waals surface area contributed by atoms with E-state index in [-0.39, 0.29) is 16.1 Å². The molecule has 0 saturated carbocycles. The van der Waals surface area contributed by atoms with E-state index in [4.69, 9.17) is 0 Å². The molecule has 1 aliphatic rings. The molecule has 0 amide bonds. The van der Waals surface area contributed by atoms with Crippen LogP contribution in [0.15, 0.2) is 16.6 Å². The minimum atomic E-state index is -0.389. The molecule has 16 heavy (non-hydrogen) atoms. The monoisotopic (exact) mass is 289 g/mol. The highest BCUT2D eigenvalue weighted by molar-refractivity contribution is 9.10. The van der Waals surface area contributed by atoms with Gasteiger partial charge in [-0.05, 0) is 71.9 Å². The van der Waals surface area contributed by atoms with Crippen molar-refractivity contribution in [3.05, 3.63) is 33.8 Å². The van der Waals surface area contributed by atoms with E-state index in [2.05, 4.69) is 21.2 Å². The van der Waals surface area contributed by atoms with Crippen molar-refractivity contribution in [2.24, 2.45) is 5.92 Å². The van der Waals surface area contributed by atoms with Crippen LogP contribution in [0.1, 0.15) is 18.4 Å². The number of hydrogen-bond donors (Lipinski definition) is 1. The number of piperidine rings is 1. The first-order valence-electron chi connectivity index (χ1n) is 5.51. The Morgan fingerprint density at radius 2 is 2.12 bits per heavy atom. The third-order valence-corrected chi connectivity index (χ3v) is 3.60. The first-order valence-corrected chi connectivity index (χ1v) is 6.30. The summed E-state index contributed by atoms with van der Waals surface area (Å²) in [5.74, 6) is -0.289. The zero-order chi connectivity index (χ0) is 11.5. The Balaban J connectivity index is 2.11. The van der Waals surface area contributed by atoms with Gasteiger partial charge in [0.2, 0.25) is 0 Å². The minimum Gasteiger partial charge on any atom is -0.316 e. The van der Waals surface area contributed by atoms with Gasteiger partial charge in [0, 0.05) is 0 Å². The fraction of sp³-hybridized carbons (Fsp3) is 0.500. The lowest BCUT2D eigenvalue weighted by Gasteiger charge is -2.22. The molecule has 0 radical (unpaired) electrons. The molecule has 0 bridgehead atoms. The molecule has 1 heterocycles. The third-order valence-electron chi connectivity index (χ3n) is 3.00. The van der Waals surface area contributed by atoms with Crippen molar-refractivity contribution in [2.45, 2.75) is 19.3 Å². The Morgan fingerprint density at radius 3 is 2.81 bits per heavy atom. The maximum atomic E-state index is 13.6. The van der Waals surface area contributed by atoms with Crippen LogP contribution in [0.5, 0.6) is 0 Å². The van der Waals surface area contributed by atoms with Crippen molar-refractivity contribution in [3.63, 3.8) is 0 Å². The Hall–Kier alpha value is -0.480. The van der Waals surface area contributed by atoms with E-state index in [1.807, 2.05) is 0 Å². The van der Waals surface area contributed by atoms with Crippen LogP contribution in [0.2, 0.25) is 0 Å². The zero-order valence-corrected chi connectivity index (χ0v) is 10.5. The van der Waals surface area contributed by atoms with Crippen molar-refractivity contribution in [2.75, 3.05) is 13.1 Å². The van der Waals surface area contributed by atoms with Crippen molar-refractivity contribution in [1.82, 2.24) is 5.32 Å². The summed E-state index contributed by atoms with van der Waals surface area (Å²) in [6.07, 6.45) is 2.82. The average Bonchev–Trinajstić information content (AvgIpc) is 2.27. The van der Waals surface area contributed by atoms with Crippen LogP contribution in [-0.2, 0) is 6.42 Å². The van der Waals surface area contributed by atoms with E-state index in [1.54, 1.807) is 0 Å². The smallest absolute Gasteiger partial charge is 0.137 e. The number of hydrogen-bond acceptors (Lipinski definition) is 1. The Kier molecular flexibility index (Phi) is 3.92. The predicted octanol–water partition coefficient (Wildman–Crippen LogP) is 3.27. The molecule has 88 valence electrons. The van der Waals surface area contributed by atoms with Gasteiger partial charge in [0.25, 0.3) is 0 Å². The molecule has 1 nitrogen and oxygen atoms in total. The highest BCUT2D eigenvalue weighted by Crippen LogP contribution is 2.23. The lowest BCUT2D eigenvalue weighted by atomic mass is 9.92. The van der Waals surface area contributed by atoms with E-state index in [9.17, 15) is 8.78 Å². The maximum absolute atomic E-state index is 13.6. The average molecular weight is 290 g/mol. The van der Waals surface area contributed by atoms with Gasteiger partial charge in [0.15, 0.2) is 0 Å². The number of benzene rings is 1. The van der Waals surface area contributed by atoms with Crippen LogP contribution in [0.4, 0.5) is 8.78 Å². The molecule has 1 fully saturated rings. The van der Waals surface area contributed by atoms with Crippen molar-refractivity contribution < 1.29 is 8.78 Å². The second-order valence-corrected chi connectivity index (χ2v) is 5.13. The minimum absolute atomic E-state index is 0.190. The summed E-state index contributed by atoms with van der Waals surface area (Å²) in [4.78, 5) is 0. The molecule has 1 aliphatic heterocycles. The van der Waals surface area contributed by atoms with Gasteiger partial charge in [-0.3, -0.25) is 0 Å². The molecule has 2 rings (SSSR count). The van der Waals surface area contributed by atoms with E-state index in [0.29, 0.717) is 17.9 Å². The van der Waals surface area contributed by atoms with Crippen molar-refractivity contribution >= 4 is 15.9 Å². The zero-order valence-electron chi connectivity index (χ0n) is 8.90. The number of nitrogens with one attached hydrogen (secondary N) is 1. The lowest BCUT2D eigenvalue weighted by molar-refractivity contribution is 0.371. The quantitative estimate of drug-likeness (QED) is 0.824. The topological polar surface area (TPSA) is 12.0 Å². The van der Waals surface area contributed by atoms with Gasteiger partial charge in [0.05, 0.1) is 4.47 Å². The molecule has 0 aromatic heterocycles. The van der Waals surface area contributed by atoms with Crippen LogP contribution in [0, 0.1) is 17.6 Å². The van der Waals surface area contributed by atoms with Crippen LogP contribution >= 0.6 is 15.9 Å². The largest absolute Gasteiger partial charge is 0.316 e. The fourth-order valence-electron chi connectivity index (χ4n) is 2.13. The van der Waals surface area contributed by atoms with Crippen LogP contribution in [0.25, 0.3) is 0 Å². The summed E-state index contributed by atoms with van der Waals surface area (Å²) in [6.45, 7) is 1.94. The maximum Gasteiger partial charge on any atom is 0.137 e. The molecule has 1 unspecified atom stereocenters. The second-order valence-electron chi connectivity index (χ2n) is 4.27. The Morgan fingerprint density at radius 1 is 1.31 bits per heavy atom. The highest BCUT2D eigenvalue weighted by Gasteiger charge is 2.16. The van der Waals surface area contributed by atoms with Crippen molar-refractivity contribution in [1.29, 1.82) is 0 Å². The standard InChI is InChI=1S/C12H14BrF2N/c13-10-6-11(14)9(5-12(10)15)4-8-2-1-3-16-7-8/h5-6,8,16H,1-4,7H2. The summed E-state index contributed by atoms with van der Waals surface area (Å²) >= 11 is 2.98. The second kappa shape index (κ2) is 5.23. The van der Waals surface area contributed by atoms with Gasteiger partial charge in [-0.2, -0.15) is 0 Å². The highest BCUT2D eigenvalue weighted by atomic mass is 79.9. The van der Waals surface area contributed by atoms with E-state index < -0.39 is 0 Å². The summed E-state index contributed by atoms with van der Waals surface area (Å²) in [7, 11) is 0. The number of rotatable bonds is 2. The van der Waals surface area contributed by atoms with Crippen LogP contribution < -0.4 is 5.32 Å². The fourth-order valence-corrected chi connectivity index (χ4v) is 2.44. The molecule has 1 saturated heterocycles. The Bertz CT molecular complexity index is 376. The number of halogens is 3. The third kappa shape index (κ3) is 2.80. The van der Waals surface area contributed by atoms with Crippen molar-refractivity contribution in [3.8, 4) is 0 Å². The Labute approximate surface area is 102 Å². The molecule has 0 aliphatic carbocycles. The lowest BCUT2D eigenvalue weighted by Crippen LogP contribution is -2.31. The normalized spacial score (nSPS) is 21.1. The summed E-state index contributed by atoms with van der Waals surface area (Å²) in [6, 6.07) is 2.51. The van der Waals surface area contributed by atoms with E-state index in [0.717, 1.165) is 25.9 Å². The predicted molar refractivity (Wildman–Crippen MR) is 63.4 cm³/mol. The van der Waals surface area contributed by atoms with Gasteiger partial charge in [-0.25, -0.2) is 8.78 Å². The summed E-state index contributed by atoms with van der Waals surface area (Å²) in [5, 5.41) is 3.28. The van der Waals surface area contributed by atoms with Gasteiger partial charge in [-0.1, -0.05) is 0 Å². The van der Waals surface area contributed by atoms with E-state index >= 15 is 0 Å². The van der Waals surface area contributed by atoms with Crippen LogP contribution in [-0.4, -0.2) is 13.1 Å². The molecular weight excluding hydrogens is 276 g/mol. The molecule has 1 aromatic carbocycles.